The number of aryl methyl sites for hydroxylation is 2. The molecule has 8 nitrogen and oxygen atoms in total. The van der Waals surface area contributed by atoms with Gasteiger partial charge in [0.05, 0.1) is 17.7 Å². The molecule has 0 bridgehead atoms. The fourth-order valence-electron chi connectivity index (χ4n) is 4.43. The van der Waals surface area contributed by atoms with Gasteiger partial charge in [0, 0.05) is 13.1 Å². The second-order valence-corrected chi connectivity index (χ2v) is 12.4. The van der Waals surface area contributed by atoms with Crippen molar-refractivity contribution in [1.82, 2.24) is 10.2 Å². The molecule has 0 aliphatic rings. The maximum absolute atomic E-state index is 14.2. The van der Waals surface area contributed by atoms with Gasteiger partial charge in [-0.2, -0.15) is 0 Å². The molecule has 0 heterocycles. The third-order valence-corrected chi connectivity index (χ3v) is 8.71. The van der Waals surface area contributed by atoms with E-state index in [2.05, 4.69) is 5.32 Å². The van der Waals surface area contributed by atoms with Gasteiger partial charge in [-0.25, -0.2) is 8.42 Å². The van der Waals surface area contributed by atoms with Gasteiger partial charge in [-0.15, -0.1) is 0 Å². The SMILES string of the molecule is CC[C@@H](C(=O)NCC(C)C)N(Cc1ccccc1C)C(=O)CN(c1ccc(OC)cc1)S(=O)(=O)c1ccc(C)cc1. The van der Waals surface area contributed by atoms with Crippen LogP contribution in [0.15, 0.2) is 77.7 Å². The summed E-state index contributed by atoms with van der Waals surface area (Å²) in [5, 5.41) is 2.95. The van der Waals surface area contributed by atoms with E-state index < -0.39 is 28.5 Å². The minimum Gasteiger partial charge on any atom is -0.497 e. The van der Waals surface area contributed by atoms with Crippen LogP contribution >= 0.6 is 0 Å². The number of hydrogen-bond donors (Lipinski definition) is 1. The number of benzene rings is 3. The van der Waals surface area contributed by atoms with Crippen LogP contribution in [0, 0.1) is 19.8 Å². The fraction of sp³-hybridized carbons (Fsp3) is 0.375. The largest absolute Gasteiger partial charge is 0.497 e. The molecule has 0 unspecified atom stereocenters. The maximum Gasteiger partial charge on any atom is 0.264 e. The van der Waals surface area contributed by atoms with Crippen molar-refractivity contribution in [3.05, 3.63) is 89.5 Å². The summed E-state index contributed by atoms with van der Waals surface area (Å²) in [4.78, 5) is 29.0. The van der Waals surface area contributed by atoms with Crippen molar-refractivity contribution >= 4 is 27.5 Å². The summed E-state index contributed by atoms with van der Waals surface area (Å²) in [6, 6.07) is 19.9. The lowest BCUT2D eigenvalue weighted by atomic mass is 10.1. The van der Waals surface area contributed by atoms with Crippen molar-refractivity contribution in [3.8, 4) is 5.75 Å². The van der Waals surface area contributed by atoms with Crippen LogP contribution in [0.5, 0.6) is 5.75 Å². The third-order valence-electron chi connectivity index (χ3n) is 6.92. The van der Waals surface area contributed by atoms with Gasteiger partial charge >= 0.3 is 0 Å². The average molecular weight is 580 g/mol. The van der Waals surface area contributed by atoms with Gasteiger partial charge in [0.2, 0.25) is 11.8 Å². The highest BCUT2D eigenvalue weighted by Crippen LogP contribution is 2.27. The van der Waals surface area contributed by atoms with E-state index in [0.717, 1.165) is 21.0 Å². The number of amides is 2. The zero-order chi connectivity index (χ0) is 30.2. The number of anilines is 1. The van der Waals surface area contributed by atoms with Crippen molar-refractivity contribution < 1.29 is 22.7 Å². The van der Waals surface area contributed by atoms with Crippen LogP contribution in [0.4, 0.5) is 5.69 Å². The number of carbonyl (C=O) groups excluding carboxylic acids is 2. The highest BCUT2D eigenvalue weighted by atomic mass is 32.2. The van der Waals surface area contributed by atoms with E-state index in [1.165, 1.54) is 24.1 Å². The summed E-state index contributed by atoms with van der Waals surface area (Å²) >= 11 is 0. The topological polar surface area (TPSA) is 96.0 Å². The average Bonchev–Trinajstić information content (AvgIpc) is 2.95. The summed E-state index contributed by atoms with van der Waals surface area (Å²) in [6.07, 6.45) is 0.370. The zero-order valence-electron chi connectivity index (χ0n) is 24.8. The molecule has 1 atom stereocenters. The molecule has 2 amide bonds. The van der Waals surface area contributed by atoms with Gasteiger partial charge in [0.25, 0.3) is 10.0 Å². The van der Waals surface area contributed by atoms with Crippen LogP contribution in [0.3, 0.4) is 0 Å². The molecule has 0 fully saturated rings. The van der Waals surface area contributed by atoms with Gasteiger partial charge in [-0.3, -0.25) is 13.9 Å². The van der Waals surface area contributed by atoms with Crippen LogP contribution in [0.2, 0.25) is 0 Å². The number of sulfonamides is 1. The third kappa shape index (κ3) is 8.10. The van der Waals surface area contributed by atoms with Crippen LogP contribution in [0.1, 0.15) is 43.9 Å². The van der Waals surface area contributed by atoms with E-state index in [4.69, 9.17) is 4.74 Å². The predicted molar refractivity (Wildman–Crippen MR) is 162 cm³/mol. The number of carbonyl (C=O) groups is 2. The van der Waals surface area contributed by atoms with Gasteiger partial charge in [-0.05, 0) is 73.7 Å². The molecule has 3 aromatic carbocycles. The smallest absolute Gasteiger partial charge is 0.264 e. The molecule has 220 valence electrons. The second-order valence-electron chi connectivity index (χ2n) is 10.5. The predicted octanol–water partition coefficient (Wildman–Crippen LogP) is 5.09. The quantitative estimate of drug-likeness (QED) is 0.305. The van der Waals surface area contributed by atoms with Crippen molar-refractivity contribution in [1.29, 1.82) is 0 Å². The molecule has 0 saturated carbocycles. The van der Waals surface area contributed by atoms with Crippen molar-refractivity contribution in [2.24, 2.45) is 5.92 Å². The molecule has 0 saturated heterocycles. The van der Waals surface area contributed by atoms with Crippen molar-refractivity contribution in [3.63, 3.8) is 0 Å². The molecular formula is C32H41N3O5S. The molecule has 0 aliphatic heterocycles. The van der Waals surface area contributed by atoms with E-state index in [9.17, 15) is 18.0 Å². The number of nitrogens with zero attached hydrogens (tertiary/aromatic N) is 2. The number of rotatable bonds is 13. The Morgan fingerprint density at radius 2 is 1.56 bits per heavy atom. The van der Waals surface area contributed by atoms with E-state index in [-0.39, 0.29) is 23.3 Å². The van der Waals surface area contributed by atoms with Gasteiger partial charge < -0.3 is 15.0 Å². The minimum absolute atomic E-state index is 0.0684. The second kappa shape index (κ2) is 14.2. The Morgan fingerprint density at radius 1 is 0.927 bits per heavy atom. The number of methoxy groups -OCH3 is 1. The summed E-state index contributed by atoms with van der Waals surface area (Å²) in [5.74, 6) is 0.0517. The summed E-state index contributed by atoms with van der Waals surface area (Å²) in [7, 11) is -2.60. The Morgan fingerprint density at radius 3 is 2.12 bits per heavy atom. The first-order chi connectivity index (χ1) is 19.5. The van der Waals surface area contributed by atoms with E-state index >= 15 is 0 Å². The first kappa shape index (κ1) is 31.7. The minimum atomic E-state index is -4.13. The first-order valence-electron chi connectivity index (χ1n) is 13.8. The van der Waals surface area contributed by atoms with Gasteiger partial charge in [0.1, 0.15) is 18.3 Å². The molecule has 41 heavy (non-hydrogen) atoms. The lowest BCUT2D eigenvalue weighted by Gasteiger charge is -2.33. The molecule has 0 spiro atoms. The van der Waals surface area contributed by atoms with Crippen LogP contribution in [-0.4, -0.2) is 51.4 Å². The molecule has 0 aromatic heterocycles. The Kier molecular flexibility index (Phi) is 10.9. The summed E-state index contributed by atoms with van der Waals surface area (Å²) < 4.78 is 34.3. The lowest BCUT2D eigenvalue weighted by molar-refractivity contribution is -0.140. The molecular weight excluding hydrogens is 538 g/mol. The standard InChI is InChI=1S/C32H41N3O5S/c1-7-30(32(37)33-20-23(2)3)34(21-26-11-9-8-10-25(26)5)31(36)22-35(27-14-16-28(40-6)17-15-27)41(38,39)29-18-12-24(4)13-19-29/h8-19,23,30H,7,20-22H2,1-6H3,(H,33,37)/t30-/m0/s1. The Hall–Kier alpha value is -3.85. The van der Waals surface area contributed by atoms with E-state index in [1.54, 1.807) is 36.4 Å². The molecule has 0 aliphatic carbocycles. The monoisotopic (exact) mass is 579 g/mol. The first-order valence-corrected chi connectivity index (χ1v) is 15.3. The normalized spacial score (nSPS) is 12.1. The number of ether oxygens (including phenoxy) is 1. The summed E-state index contributed by atoms with van der Waals surface area (Å²) in [5.41, 5.74) is 3.09. The number of hydrogen-bond acceptors (Lipinski definition) is 5. The van der Waals surface area contributed by atoms with E-state index in [1.807, 2.05) is 58.9 Å². The maximum atomic E-state index is 14.2. The Bertz CT molecular complexity index is 1420. The Labute approximate surface area is 244 Å². The van der Waals surface area contributed by atoms with Crippen LogP contribution in [-0.2, 0) is 26.2 Å². The summed E-state index contributed by atoms with van der Waals surface area (Å²) in [6.45, 7) is 9.83. The molecule has 0 radical (unpaired) electrons. The van der Waals surface area contributed by atoms with Gasteiger partial charge in [0.15, 0.2) is 0 Å². The highest BCUT2D eigenvalue weighted by Gasteiger charge is 2.34. The fourth-order valence-corrected chi connectivity index (χ4v) is 5.84. The molecule has 3 aromatic rings. The van der Waals surface area contributed by atoms with E-state index in [0.29, 0.717) is 24.4 Å². The van der Waals surface area contributed by atoms with Crippen molar-refractivity contribution in [2.45, 2.75) is 58.5 Å². The zero-order valence-corrected chi connectivity index (χ0v) is 25.6. The van der Waals surface area contributed by atoms with Crippen LogP contribution in [0.25, 0.3) is 0 Å². The lowest BCUT2D eigenvalue weighted by Crippen LogP contribution is -2.52. The Balaban J connectivity index is 2.06. The van der Waals surface area contributed by atoms with Crippen LogP contribution < -0.4 is 14.4 Å². The molecule has 1 N–H and O–H groups in total. The van der Waals surface area contributed by atoms with Gasteiger partial charge in [-0.1, -0.05) is 62.7 Å². The number of nitrogens with one attached hydrogen (secondary N) is 1. The highest BCUT2D eigenvalue weighted by molar-refractivity contribution is 7.92. The molecule has 9 heteroatoms. The molecule has 3 rings (SSSR count). The van der Waals surface area contributed by atoms with Crippen molar-refractivity contribution in [2.75, 3.05) is 24.5 Å².